The van der Waals surface area contributed by atoms with Gasteiger partial charge in [0.2, 0.25) is 0 Å². The van der Waals surface area contributed by atoms with Crippen molar-refractivity contribution < 1.29 is 14.3 Å². The van der Waals surface area contributed by atoms with Gasteiger partial charge in [0.25, 0.3) is 5.19 Å². The largest absolute Gasteiger partial charge is 0.431 e. The molecule has 0 spiro atoms. The number of ketones is 2. The van der Waals surface area contributed by atoms with Crippen molar-refractivity contribution in [1.29, 1.82) is 0 Å². The number of aromatic nitrogens is 1. The molecule has 2 aromatic carbocycles. The average Bonchev–Trinajstić information content (AvgIpc) is 3.21. The van der Waals surface area contributed by atoms with Crippen LogP contribution in [0.4, 0.5) is 0 Å². The fourth-order valence-electron chi connectivity index (χ4n) is 5.63. The van der Waals surface area contributed by atoms with E-state index in [9.17, 15) is 9.59 Å². The highest BCUT2D eigenvalue weighted by molar-refractivity contribution is 7.20. The Labute approximate surface area is 197 Å². The van der Waals surface area contributed by atoms with Gasteiger partial charge < -0.3 is 4.74 Å². The number of halogens is 1. The van der Waals surface area contributed by atoms with Gasteiger partial charge >= 0.3 is 0 Å². The predicted molar refractivity (Wildman–Crippen MR) is 128 cm³/mol. The van der Waals surface area contributed by atoms with Crippen molar-refractivity contribution in [3.8, 4) is 10.9 Å². The molecule has 2 bridgehead atoms. The first kappa shape index (κ1) is 21.6. The Morgan fingerprint density at radius 3 is 2.69 bits per heavy atom. The number of thiazole rings is 1. The summed E-state index contributed by atoms with van der Waals surface area (Å²) in [5, 5.41) is 1.14. The van der Waals surface area contributed by atoms with Gasteiger partial charge in [-0.2, -0.15) is 0 Å². The standard InChI is InChI=1S/C26H26ClNO3S/c1-5-14-6-8-16(31-24-28-19-12-15(27)7-9-20(19)32-24)13-17(14)21-22(29)18-10-11-26(4,23(21)30)25(18,2)3/h6-9,12-13,18,21H,5,10-11H2,1-4H3/t18-,21?,26+/m0/s1. The van der Waals surface area contributed by atoms with Crippen LogP contribution in [-0.4, -0.2) is 16.6 Å². The first-order chi connectivity index (χ1) is 15.2. The first-order valence-corrected chi connectivity index (χ1v) is 12.3. The van der Waals surface area contributed by atoms with E-state index in [4.69, 9.17) is 16.3 Å². The second-order valence-electron chi connectivity index (χ2n) is 9.75. The Morgan fingerprint density at radius 2 is 1.94 bits per heavy atom. The highest BCUT2D eigenvalue weighted by Gasteiger charge is 2.64. The maximum atomic E-state index is 13.7. The number of fused-ring (bicyclic) bond motifs is 3. The van der Waals surface area contributed by atoms with Crippen LogP contribution in [-0.2, 0) is 16.0 Å². The molecule has 3 atom stereocenters. The molecule has 2 saturated carbocycles. The molecule has 2 aliphatic rings. The summed E-state index contributed by atoms with van der Waals surface area (Å²) >= 11 is 7.51. The average molecular weight is 468 g/mol. The number of nitrogens with zero attached hydrogens (tertiary/aromatic N) is 1. The lowest BCUT2D eigenvalue weighted by Gasteiger charge is -2.46. The maximum Gasteiger partial charge on any atom is 0.279 e. The summed E-state index contributed by atoms with van der Waals surface area (Å²) in [7, 11) is 0. The fourth-order valence-corrected chi connectivity index (χ4v) is 6.62. The number of Topliss-reactive ketones (excluding diaryl/α,β-unsaturated/α-hetero) is 2. The van der Waals surface area contributed by atoms with Crippen molar-refractivity contribution in [2.24, 2.45) is 16.7 Å². The minimum atomic E-state index is -0.715. The third kappa shape index (κ3) is 3.05. The summed E-state index contributed by atoms with van der Waals surface area (Å²) in [6.07, 6.45) is 2.31. The van der Waals surface area contributed by atoms with Crippen LogP contribution in [0.5, 0.6) is 10.9 Å². The zero-order valence-electron chi connectivity index (χ0n) is 18.7. The van der Waals surface area contributed by atoms with Crippen molar-refractivity contribution >= 4 is 44.7 Å². The Balaban J connectivity index is 1.54. The fraction of sp³-hybridized carbons (Fsp3) is 0.423. The molecule has 6 heteroatoms. The summed E-state index contributed by atoms with van der Waals surface area (Å²) in [6, 6.07) is 11.3. The molecule has 32 heavy (non-hydrogen) atoms. The van der Waals surface area contributed by atoms with E-state index in [-0.39, 0.29) is 22.9 Å². The van der Waals surface area contributed by atoms with Crippen LogP contribution in [0.3, 0.4) is 0 Å². The molecule has 5 rings (SSSR count). The van der Waals surface area contributed by atoms with Crippen molar-refractivity contribution in [1.82, 2.24) is 4.98 Å². The zero-order valence-corrected chi connectivity index (χ0v) is 20.3. The molecule has 166 valence electrons. The van der Waals surface area contributed by atoms with E-state index in [1.165, 1.54) is 11.3 Å². The van der Waals surface area contributed by atoms with E-state index in [0.29, 0.717) is 16.0 Å². The summed E-state index contributed by atoms with van der Waals surface area (Å²) in [5.74, 6) is -0.0869. The lowest BCUT2D eigenvalue weighted by atomic mass is 9.54. The molecular formula is C26H26ClNO3S. The zero-order chi connectivity index (χ0) is 22.8. The summed E-state index contributed by atoms with van der Waals surface area (Å²) < 4.78 is 7.07. The summed E-state index contributed by atoms with van der Waals surface area (Å²) in [4.78, 5) is 31.8. The number of rotatable bonds is 4. The summed E-state index contributed by atoms with van der Waals surface area (Å²) in [6.45, 7) is 8.26. The van der Waals surface area contributed by atoms with Gasteiger partial charge in [0, 0.05) is 16.4 Å². The molecule has 0 amide bonds. The number of ether oxygens (including phenoxy) is 1. The van der Waals surface area contributed by atoms with Crippen molar-refractivity contribution in [3.63, 3.8) is 0 Å². The van der Waals surface area contributed by atoms with Crippen molar-refractivity contribution in [2.75, 3.05) is 0 Å². The number of benzene rings is 2. The number of hydrogen-bond acceptors (Lipinski definition) is 5. The van der Waals surface area contributed by atoms with Crippen LogP contribution in [0.1, 0.15) is 57.6 Å². The maximum absolute atomic E-state index is 13.7. The Morgan fingerprint density at radius 1 is 1.16 bits per heavy atom. The topological polar surface area (TPSA) is 56.3 Å². The molecule has 1 aromatic heterocycles. The molecule has 4 nitrogen and oxygen atoms in total. The smallest absolute Gasteiger partial charge is 0.279 e. The van der Waals surface area contributed by atoms with Gasteiger partial charge in [0.05, 0.1) is 10.2 Å². The third-order valence-electron chi connectivity index (χ3n) is 8.00. The van der Waals surface area contributed by atoms with Gasteiger partial charge in [-0.15, -0.1) is 0 Å². The lowest BCUT2D eigenvalue weighted by molar-refractivity contribution is -0.149. The monoisotopic (exact) mass is 467 g/mol. The van der Waals surface area contributed by atoms with Crippen LogP contribution in [0.2, 0.25) is 5.02 Å². The molecule has 0 N–H and O–H groups in total. The van der Waals surface area contributed by atoms with E-state index in [0.717, 1.165) is 40.6 Å². The number of aryl methyl sites for hydroxylation is 1. The van der Waals surface area contributed by atoms with E-state index >= 15 is 0 Å². The van der Waals surface area contributed by atoms with Crippen LogP contribution in [0.15, 0.2) is 36.4 Å². The molecule has 1 unspecified atom stereocenters. The molecule has 2 fully saturated rings. The van der Waals surface area contributed by atoms with Gasteiger partial charge in [-0.05, 0) is 66.1 Å². The van der Waals surface area contributed by atoms with Crippen LogP contribution >= 0.6 is 22.9 Å². The van der Waals surface area contributed by atoms with E-state index in [1.807, 2.05) is 43.3 Å². The van der Waals surface area contributed by atoms with Crippen molar-refractivity contribution in [2.45, 2.75) is 52.9 Å². The van der Waals surface area contributed by atoms with Gasteiger partial charge in [-0.1, -0.05) is 56.7 Å². The normalized spacial score (nSPS) is 26.7. The number of hydrogen-bond donors (Lipinski definition) is 0. The molecule has 0 radical (unpaired) electrons. The van der Waals surface area contributed by atoms with Gasteiger partial charge in [-0.3, -0.25) is 9.59 Å². The number of carbonyl (C=O) groups is 2. The Bertz CT molecular complexity index is 1260. The minimum absolute atomic E-state index is 0.0581. The first-order valence-electron chi connectivity index (χ1n) is 11.1. The minimum Gasteiger partial charge on any atom is -0.431 e. The van der Waals surface area contributed by atoms with Crippen LogP contribution in [0, 0.1) is 16.7 Å². The molecular weight excluding hydrogens is 442 g/mol. The quantitative estimate of drug-likeness (QED) is 0.388. The highest BCUT2D eigenvalue weighted by atomic mass is 35.5. The Kier molecular flexibility index (Phi) is 4.99. The third-order valence-corrected chi connectivity index (χ3v) is 9.15. The van der Waals surface area contributed by atoms with Gasteiger partial charge in [0.1, 0.15) is 11.7 Å². The second-order valence-corrected chi connectivity index (χ2v) is 11.2. The second kappa shape index (κ2) is 7.39. The Hall–Kier alpha value is -2.24. The summed E-state index contributed by atoms with van der Waals surface area (Å²) in [5.41, 5.74) is 1.80. The lowest BCUT2D eigenvalue weighted by Crippen LogP contribution is -2.52. The van der Waals surface area contributed by atoms with Crippen molar-refractivity contribution in [3.05, 3.63) is 52.5 Å². The predicted octanol–water partition coefficient (Wildman–Crippen LogP) is 6.98. The SMILES string of the molecule is CCc1ccc(Oc2nc3cc(Cl)ccc3s2)cc1C1C(=O)[C@@H]2CC[C@](C)(C1=O)C2(C)C. The van der Waals surface area contributed by atoms with Crippen LogP contribution in [0.25, 0.3) is 10.2 Å². The molecule has 0 aliphatic heterocycles. The van der Waals surface area contributed by atoms with Gasteiger partial charge in [0.15, 0.2) is 11.6 Å². The molecule has 2 aliphatic carbocycles. The molecule has 1 heterocycles. The molecule has 3 aromatic rings. The van der Waals surface area contributed by atoms with Crippen LogP contribution < -0.4 is 4.74 Å². The highest BCUT2D eigenvalue weighted by Crippen LogP contribution is 2.62. The van der Waals surface area contributed by atoms with E-state index in [1.54, 1.807) is 0 Å². The number of carbonyl (C=O) groups excluding carboxylic acids is 2. The van der Waals surface area contributed by atoms with E-state index < -0.39 is 11.3 Å². The molecule has 0 saturated heterocycles. The van der Waals surface area contributed by atoms with E-state index in [2.05, 4.69) is 25.8 Å². The van der Waals surface area contributed by atoms with Gasteiger partial charge in [-0.25, -0.2) is 4.98 Å².